The van der Waals surface area contributed by atoms with Gasteiger partial charge in [0, 0.05) is 5.56 Å². The van der Waals surface area contributed by atoms with E-state index >= 15 is 0 Å². The number of carbonyl (C=O) groups excluding carboxylic acids is 1. The average molecular weight is 200 g/mol. The van der Waals surface area contributed by atoms with Crippen molar-refractivity contribution in [2.24, 2.45) is 0 Å². The second-order valence-corrected chi connectivity index (χ2v) is 3.42. The van der Waals surface area contributed by atoms with Crippen LogP contribution < -0.4 is 0 Å². The number of hydrogen-bond acceptors (Lipinski definition) is 1. The first-order chi connectivity index (χ1) is 7.27. The van der Waals surface area contributed by atoms with Crippen LogP contribution in [0.1, 0.15) is 28.4 Å². The highest BCUT2D eigenvalue weighted by molar-refractivity contribution is 5.74. The van der Waals surface area contributed by atoms with Gasteiger partial charge in [-0.1, -0.05) is 49.4 Å². The van der Waals surface area contributed by atoms with Gasteiger partial charge in [-0.2, -0.15) is 0 Å². The van der Waals surface area contributed by atoms with Crippen molar-refractivity contribution in [3.05, 3.63) is 59.2 Å². The third-order valence-electron chi connectivity index (χ3n) is 2.36. The Balaban J connectivity index is 3.39. The van der Waals surface area contributed by atoms with E-state index in [4.69, 9.17) is 0 Å². The summed E-state index contributed by atoms with van der Waals surface area (Å²) in [4.78, 5) is 10.7. The molecule has 1 aromatic rings. The minimum atomic E-state index is 0.695. The van der Waals surface area contributed by atoms with Crippen LogP contribution in [0.3, 0.4) is 0 Å². The van der Waals surface area contributed by atoms with Crippen molar-refractivity contribution in [3.8, 4) is 0 Å². The number of hydrogen-bond donors (Lipinski definition) is 0. The number of carbonyl (C=O) groups is 1. The second-order valence-electron chi connectivity index (χ2n) is 3.42. The Hall–Kier alpha value is -1.63. The van der Waals surface area contributed by atoms with Crippen LogP contribution in [0.25, 0.3) is 0 Å². The van der Waals surface area contributed by atoms with Crippen LogP contribution in [0.2, 0.25) is 0 Å². The molecular weight excluding hydrogens is 184 g/mol. The third-order valence-corrected chi connectivity index (χ3v) is 2.36. The first-order valence-corrected chi connectivity index (χ1v) is 5.16. The molecule has 0 atom stereocenters. The molecule has 0 amide bonds. The molecule has 0 fully saturated rings. The lowest BCUT2D eigenvalue weighted by Gasteiger charge is -1.97. The van der Waals surface area contributed by atoms with Crippen molar-refractivity contribution in [2.75, 3.05) is 0 Å². The van der Waals surface area contributed by atoms with Crippen LogP contribution in [0.5, 0.6) is 0 Å². The molecule has 0 aliphatic heterocycles. The van der Waals surface area contributed by atoms with E-state index in [0.29, 0.717) is 5.56 Å². The smallest absolute Gasteiger partial charge is 0.150 e. The maximum absolute atomic E-state index is 10.7. The van der Waals surface area contributed by atoms with Gasteiger partial charge in [-0.3, -0.25) is 4.79 Å². The Morgan fingerprint density at radius 2 is 1.80 bits per heavy atom. The Morgan fingerprint density at radius 1 is 1.07 bits per heavy atom. The highest BCUT2D eigenvalue weighted by Crippen LogP contribution is 2.05. The van der Waals surface area contributed by atoms with Gasteiger partial charge in [0.25, 0.3) is 0 Å². The summed E-state index contributed by atoms with van der Waals surface area (Å²) in [6.07, 6.45) is 1.84. The zero-order valence-corrected chi connectivity index (χ0v) is 9.23. The van der Waals surface area contributed by atoms with Crippen molar-refractivity contribution in [3.63, 3.8) is 0 Å². The van der Waals surface area contributed by atoms with Gasteiger partial charge < -0.3 is 0 Å². The van der Waals surface area contributed by atoms with Crippen LogP contribution in [0.15, 0.2) is 42.5 Å². The molecule has 1 rings (SSSR count). The van der Waals surface area contributed by atoms with Gasteiger partial charge in [-0.15, -0.1) is 0 Å². The molecule has 0 bridgehead atoms. The molecule has 0 heterocycles. The molecule has 0 spiro atoms. The maximum atomic E-state index is 10.7. The fraction of sp³-hybridized carbons (Fsp3) is 0.214. The Morgan fingerprint density at radius 3 is 2.47 bits per heavy atom. The van der Waals surface area contributed by atoms with Gasteiger partial charge >= 0.3 is 0 Å². The standard InChI is InChI=1S/C14H16O/c1-3-14-10-9-13(11-15)8-6-4-5-7-12(14)2/h4-11H,3H2,1-2H3. The predicted octanol–water partition coefficient (Wildman–Crippen LogP) is 3.49. The van der Waals surface area contributed by atoms with E-state index in [9.17, 15) is 4.79 Å². The van der Waals surface area contributed by atoms with E-state index < -0.39 is 0 Å². The molecule has 0 aliphatic rings. The highest BCUT2D eigenvalue weighted by Gasteiger charge is 1.89. The van der Waals surface area contributed by atoms with E-state index in [1.165, 1.54) is 11.1 Å². The molecule has 0 radical (unpaired) electrons. The SMILES string of the molecule is CCc1ccc(C=O)cccccc1C. The minimum Gasteiger partial charge on any atom is -0.298 e. The van der Waals surface area contributed by atoms with E-state index in [1.54, 1.807) is 0 Å². The van der Waals surface area contributed by atoms with E-state index in [1.807, 2.05) is 36.4 Å². The topological polar surface area (TPSA) is 17.1 Å². The van der Waals surface area contributed by atoms with Gasteiger partial charge in [0.15, 0.2) is 0 Å². The number of aryl methyl sites for hydroxylation is 2. The molecule has 0 saturated carbocycles. The molecular formula is C14H16O. The summed E-state index contributed by atoms with van der Waals surface area (Å²) in [5, 5.41) is 0. The first-order valence-electron chi connectivity index (χ1n) is 5.16. The zero-order chi connectivity index (χ0) is 11.1. The lowest BCUT2D eigenvalue weighted by molar-refractivity contribution is 0.112. The van der Waals surface area contributed by atoms with Crippen molar-refractivity contribution >= 4 is 6.29 Å². The van der Waals surface area contributed by atoms with Crippen molar-refractivity contribution < 1.29 is 4.79 Å². The summed E-state index contributed by atoms with van der Waals surface area (Å²) in [5.74, 6) is 0. The Bertz CT molecular complexity index is 393. The zero-order valence-electron chi connectivity index (χ0n) is 9.23. The van der Waals surface area contributed by atoms with Gasteiger partial charge in [0.1, 0.15) is 6.29 Å². The molecule has 0 N–H and O–H groups in total. The number of rotatable bonds is 2. The van der Waals surface area contributed by atoms with Crippen LogP contribution in [0.4, 0.5) is 0 Å². The van der Waals surface area contributed by atoms with Gasteiger partial charge in [0.2, 0.25) is 0 Å². The molecule has 0 aromatic heterocycles. The van der Waals surface area contributed by atoms with Crippen molar-refractivity contribution in [1.29, 1.82) is 0 Å². The van der Waals surface area contributed by atoms with Crippen molar-refractivity contribution in [1.82, 2.24) is 0 Å². The second kappa shape index (κ2) is 5.97. The summed E-state index contributed by atoms with van der Waals surface area (Å²) in [7, 11) is 0. The lowest BCUT2D eigenvalue weighted by Crippen LogP contribution is -1.82. The quantitative estimate of drug-likeness (QED) is 0.668. The number of aldehydes is 1. The summed E-state index contributed by atoms with van der Waals surface area (Å²) in [6, 6.07) is 13.6. The molecule has 1 aromatic carbocycles. The van der Waals surface area contributed by atoms with Crippen LogP contribution in [-0.2, 0) is 6.42 Å². The van der Waals surface area contributed by atoms with Gasteiger partial charge in [0.05, 0.1) is 0 Å². The largest absolute Gasteiger partial charge is 0.298 e. The molecule has 1 nitrogen and oxygen atoms in total. The van der Waals surface area contributed by atoms with Gasteiger partial charge in [-0.05, 0) is 24.5 Å². The summed E-state index contributed by atoms with van der Waals surface area (Å²) in [6.45, 7) is 4.20. The third kappa shape index (κ3) is 3.55. The monoisotopic (exact) mass is 200 g/mol. The lowest BCUT2D eigenvalue weighted by atomic mass is 10.1. The van der Waals surface area contributed by atoms with Crippen LogP contribution in [-0.4, -0.2) is 6.29 Å². The van der Waals surface area contributed by atoms with Crippen LogP contribution in [0, 0.1) is 6.92 Å². The molecule has 0 saturated heterocycles. The summed E-state index contributed by atoms with van der Waals surface area (Å²) < 4.78 is 0. The fourth-order valence-electron chi connectivity index (χ4n) is 1.40. The van der Waals surface area contributed by atoms with E-state index in [0.717, 1.165) is 12.7 Å². The average Bonchev–Trinajstić information content (AvgIpc) is 2.26. The minimum absolute atomic E-state index is 0.695. The molecule has 78 valence electrons. The van der Waals surface area contributed by atoms with Crippen molar-refractivity contribution in [2.45, 2.75) is 20.3 Å². The van der Waals surface area contributed by atoms with Crippen LogP contribution >= 0.6 is 0 Å². The molecule has 15 heavy (non-hydrogen) atoms. The first kappa shape index (κ1) is 11.4. The summed E-state index contributed by atoms with van der Waals surface area (Å²) in [5.41, 5.74) is 3.19. The normalized spacial score (nSPS) is 9.20. The fourth-order valence-corrected chi connectivity index (χ4v) is 1.40. The van der Waals surface area contributed by atoms with Gasteiger partial charge in [-0.25, -0.2) is 0 Å². The Labute approximate surface area is 91.1 Å². The predicted molar refractivity (Wildman–Crippen MR) is 63.6 cm³/mol. The maximum Gasteiger partial charge on any atom is 0.150 e. The van der Waals surface area contributed by atoms with E-state index in [2.05, 4.69) is 19.9 Å². The Kier molecular flexibility index (Phi) is 4.55. The highest BCUT2D eigenvalue weighted by atomic mass is 16.1. The molecule has 1 heteroatoms. The summed E-state index contributed by atoms with van der Waals surface area (Å²) >= 11 is 0. The van der Waals surface area contributed by atoms with E-state index in [-0.39, 0.29) is 0 Å². The molecule has 0 aliphatic carbocycles. The molecule has 0 unspecified atom stereocenters.